The van der Waals surface area contributed by atoms with E-state index in [0.29, 0.717) is 18.0 Å². The van der Waals surface area contributed by atoms with Crippen molar-refractivity contribution in [3.05, 3.63) is 42.4 Å². The Hall–Kier alpha value is -2.96. The van der Waals surface area contributed by atoms with Crippen molar-refractivity contribution in [3.8, 4) is 5.69 Å². The van der Waals surface area contributed by atoms with Crippen molar-refractivity contribution in [1.82, 2.24) is 25.1 Å². The summed E-state index contributed by atoms with van der Waals surface area (Å²) in [6, 6.07) is 10.8. The second-order valence-electron chi connectivity index (χ2n) is 10.0. The number of carbonyl (C=O) groups is 1. The fraction of sp³-hybridized carbons (Fsp3) is 0.538. The lowest BCUT2D eigenvalue weighted by atomic mass is 9.90. The van der Waals surface area contributed by atoms with E-state index in [9.17, 15) is 4.79 Å². The zero-order chi connectivity index (χ0) is 22.2. The van der Waals surface area contributed by atoms with Crippen LogP contribution in [0.15, 0.2) is 36.5 Å². The number of hydrogen-bond acceptors (Lipinski definition) is 5. The van der Waals surface area contributed by atoms with Gasteiger partial charge in [0.15, 0.2) is 5.65 Å². The predicted octanol–water partition coefficient (Wildman–Crippen LogP) is 4.72. The highest BCUT2D eigenvalue weighted by molar-refractivity contribution is 5.87. The minimum atomic E-state index is 0.247. The number of fused-ring (bicyclic) bond motifs is 1. The normalized spacial score (nSPS) is 23.6. The smallest absolute Gasteiger partial charge is 0.223 e. The maximum Gasteiger partial charge on any atom is 0.223 e. The standard InChI is InChI=1S/C26H32N6O/c33-26(18-6-4-5-7-18)29-20-14-12-19(13-15-20)28-24-22-16-27-32(21-8-2-1-3-9-21)25(22)31-23(30-24)17-10-11-17/h1-3,8-9,16-20H,4-7,10-15H2,(H,29,33)(H,28,30,31). The van der Waals surface area contributed by atoms with Crippen molar-refractivity contribution in [2.75, 3.05) is 5.32 Å². The summed E-state index contributed by atoms with van der Waals surface area (Å²) in [5.74, 6) is 2.83. The van der Waals surface area contributed by atoms with E-state index in [2.05, 4.69) is 27.9 Å². The molecule has 1 amide bonds. The molecular weight excluding hydrogens is 412 g/mol. The van der Waals surface area contributed by atoms with E-state index in [0.717, 1.165) is 79.7 Å². The van der Waals surface area contributed by atoms with E-state index in [1.54, 1.807) is 0 Å². The van der Waals surface area contributed by atoms with Crippen LogP contribution in [0.25, 0.3) is 16.7 Å². The molecule has 7 nitrogen and oxygen atoms in total. The number of anilines is 1. The van der Waals surface area contributed by atoms with Crippen LogP contribution in [0.5, 0.6) is 0 Å². The van der Waals surface area contributed by atoms with E-state index in [1.165, 1.54) is 12.8 Å². The summed E-state index contributed by atoms with van der Waals surface area (Å²) >= 11 is 0. The molecule has 33 heavy (non-hydrogen) atoms. The fourth-order valence-corrected chi connectivity index (χ4v) is 5.40. The van der Waals surface area contributed by atoms with E-state index >= 15 is 0 Å². The van der Waals surface area contributed by atoms with Crippen molar-refractivity contribution >= 4 is 22.8 Å². The number of amides is 1. The number of nitrogens with one attached hydrogen (secondary N) is 2. The van der Waals surface area contributed by atoms with Crippen LogP contribution in [0.4, 0.5) is 5.82 Å². The average molecular weight is 445 g/mol. The van der Waals surface area contributed by atoms with Gasteiger partial charge in [-0.25, -0.2) is 14.6 Å². The van der Waals surface area contributed by atoms with Gasteiger partial charge in [-0.2, -0.15) is 5.10 Å². The molecule has 0 radical (unpaired) electrons. The number of aromatic nitrogens is 4. The maximum atomic E-state index is 12.5. The Morgan fingerprint density at radius 2 is 1.61 bits per heavy atom. The van der Waals surface area contributed by atoms with Crippen molar-refractivity contribution in [1.29, 1.82) is 0 Å². The number of rotatable bonds is 6. The highest BCUT2D eigenvalue weighted by Crippen LogP contribution is 2.40. The minimum absolute atomic E-state index is 0.247. The van der Waals surface area contributed by atoms with Crippen LogP contribution in [0.1, 0.15) is 76.0 Å². The van der Waals surface area contributed by atoms with Gasteiger partial charge in [0, 0.05) is 23.9 Å². The predicted molar refractivity (Wildman–Crippen MR) is 128 cm³/mol. The second kappa shape index (κ2) is 8.76. The zero-order valence-corrected chi connectivity index (χ0v) is 19.0. The number of benzene rings is 1. The molecule has 0 bridgehead atoms. The molecule has 2 heterocycles. The van der Waals surface area contributed by atoms with Crippen LogP contribution in [0.2, 0.25) is 0 Å². The van der Waals surface area contributed by atoms with Crippen molar-refractivity contribution in [2.45, 2.75) is 82.2 Å². The van der Waals surface area contributed by atoms with Gasteiger partial charge in [-0.15, -0.1) is 0 Å². The van der Waals surface area contributed by atoms with Crippen molar-refractivity contribution in [3.63, 3.8) is 0 Å². The van der Waals surface area contributed by atoms with Gasteiger partial charge in [0.05, 0.1) is 17.3 Å². The van der Waals surface area contributed by atoms with Crippen LogP contribution in [0, 0.1) is 5.92 Å². The van der Waals surface area contributed by atoms with Gasteiger partial charge in [0.1, 0.15) is 11.6 Å². The Morgan fingerprint density at radius 3 is 2.33 bits per heavy atom. The second-order valence-corrected chi connectivity index (χ2v) is 10.0. The first-order valence-electron chi connectivity index (χ1n) is 12.6. The van der Waals surface area contributed by atoms with E-state index < -0.39 is 0 Å². The van der Waals surface area contributed by atoms with E-state index in [1.807, 2.05) is 29.1 Å². The lowest BCUT2D eigenvalue weighted by Gasteiger charge is -2.30. The van der Waals surface area contributed by atoms with Crippen LogP contribution in [-0.4, -0.2) is 37.7 Å². The summed E-state index contributed by atoms with van der Waals surface area (Å²) in [6.07, 6.45) is 12.8. The average Bonchev–Trinajstić information content (AvgIpc) is 3.37. The first-order valence-corrected chi connectivity index (χ1v) is 12.6. The Labute approximate surface area is 194 Å². The number of hydrogen-bond donors (Lipinski definition) is 2. The number of carbonyl (C=O) groups excluding carboxylic acids is 1. The summed E-state index contributed by atoms with van der Waals surface area (Å²) in [5.41, 5.74) is 1.88. The molecule has 2 N–H and O–H groups in total. The van der Waals surface area contributed by atoms with Crippen molar-refractivity contribution in [2.24, 2.45) is 5.92 Å². The molecule has 0 aliphatic heterocycles. The molecule has 3 aromatic rings. The molecule has 2 aromatic heterocycles. The highest BCUT2D eigenvalue weighted by atomic mass is 16.1. The lowest BCUT2D eigenvalue weighted by molar-refractivity contribution is -0.125. The van der Waals surface area contributed by atoms with Gasteiger partial charge in [0.25, 0.3) is 0 Å². The summed E-state index contributed by atoms with van der Waals surface area (Å²) in [4.78, 5) is 22.4. The molecule has 7 heteroatoms. The molecule has 0 spiro atoms. The van der Waals surface area contributed by atoms with Crippen LogP contribution < -0.4 is 10.6 Å². The van der Waals surface area contributed by atoms with Crippen LogP contribution in [-0.2, 0) is 4.79 Å². The van der Waals surface area contributed by atoms with Gasteiger partial charge in [-0.1, -0.05) is 31.0 Å². The lowest BCUT2D eigenvalue weighted by Crippen LogP contribution is -2.42. The molecule has 3 aliphatic carbocycles. The summed E-state index contributed by atoms with van der Waals surface area (Å²) in [6.45, 7) is 0. The van der Waals surface area contributed by atoms with E-state index in [4.69, 9.17) is 9.97 Å². The Bertz CT molecular complexity index is 1120. The van der Waals surface area contributed by atoms with Gasteiger partial charge >= 0.3 is 0 Å². The molecule has 1 aromatic carbocycles. The quantitative estimate of drug-likeness (QED) is 0.575. The monoisotopic (exact) mass is 444 g/mol. The molecular formula is C26H32N6O. The summed E-state index contributed by atoms with van der Waals surface area (Å²) in [7, 11) is 0. The first kappa shape index (κ1) is 20.6. The van der Waals surface area contributed by atoms with Crippen molar-refractivity contribution < 1.29 is 4.79 Å². The Morgan fingerprint density at radius 1 is 0.879 bits per heavy atom. The van der Waals surface area contributed by atoms with Gasteiger partial charge < -0.3 is 10.6 Å². The minimum Gasteiger partial charge on any atom is -0.367 e. The molecule has 172 valence electrons. The molecule has 3 fully saturated rings. The third-order valence-electron chi connectivity index (χ3n) is 7.53. The van der Waals surface area contributed by atoms with Gasteiger partial charge in [-0.05, 0) is 63.5 Å². The third kappa shape index (κ3) is 4.33. The summed E-state index contributed by atoms with van der Waals surface area (Å²) in [5, 5.41) is 12.7. The Balaban J connectivity index is 1.18. The SMILES string of the molecule is O=C(NC1CCC(Nc2nc(C3CC3)nc3c2cnn3-c2ccccc2)CC1)C1CCCC1. The summed E-state index contributed by atoms with van der Waals surface area (Å²) < 4.78 is 1.92. The molecule has 3 aliphatic rings. The Kier molecular flexibility index (Phi) is 5.48. The number of para-hydroxylation sites is 1. The fourth-order valence-electron chi connectivity index (χ4n) is 5.40. The molecule has 3 saturated carbocycles. The zero-order valence-electron chi connectivity index (χ0n) is 19.0. The highest BCUT2D eigenvalue weighted by Gasteiger charge is 2.30. The topological polar surface area (TPSA) is 84.7 Å². The molecule has 6 rings (SSSR count). The largest absolute Gasteiger partial charge is 0.367 e. The molecule has 0 unspecified atom stereocenters. The van der Waals surface area contributed by atoms with Gasteiger partial charge in [0.2, 0.25) is 5.91 Å². The number of nitrogens with zero attached hydrogens (tertiary/aromatic N) is 4. The molecule has 0 atom stereocenters. The van der Waals surface area contributed by atoms with Crippen LogP contribution in [0.3, 0.4) is 0 Å². The first-order chi connectivity index (χ1) is 16.2. The maximum absolute atomic E-state index is 12.5. The van der Waals surface area contributed by atoms with Crippen LogP contribution >= 0.6 is 0 Å². The third-order valence-corrected chi connectivity index (χ3v) is 7.53. The molecule has 0 saturated heterocycles. The van der Waals surface area contributed by atoms with E-state index in [-0.39, 0.29) is 11.8 Å². The van der Waals surface area contributed by atoms with Gasteiger partial charge in [-0.3, -0.25) is 4.79 Å².